The average molecular weight is 712 g/mol. The highest BCUT2D eigenvalue weighted by Crippen LogP contribution is 2.46. The number of phenols is 1. The van der Waals surface area contributed by atoms with Crippen LogP contribution in [-0.4, -0.2) is 111 Å². The van der Waals surface area contributed by atoms with Crippen LogP contribution in [0.4, 0.5) is 19.0 Å². The van der Waals surface area contributed by atoms with Crippen molar-refractivity contribution in [2.45, 2.75) is 55.9 Å². The summed E-state index contributed by atoms with van der Waals surface area (Å²) in [7, 11) is 3.46. The topological polar surface area (TPSA) is 92.0 Å². The summed E-state index contributed by atoms with van der Waals surface area (Å²) in [4.78, 5) is 16.6. The third kappa shape index (κ3) is 5.17. The van der Waals surface area contributed by atoms with E-state index in [9.17, 15) is 9.50 Å². The van der Waals surface area contributed by atoms with Crippen molar-refractivity contribution in [2.75, 3.05) is 57.9 Å². The number of halogens is 3. The van der Waals surface area contributed by atoms with Crippen LogP contribution in [0.3, 0.4) is 0 Å². The van der Waals surface area contributed by atoms with Crippen LogP contribution in [0.5, 0.6) is 11.8 Å². The van der Waals surface area contributed by atoms with Crippen molar-refractivity contribution in [3.05, 3.63) is 47.7 Å². The summed E-state index contributed by atoms with van der Waals surface area (Å²) in [6.07, 6.45) is 10.9. The number of alkyl halides is 1. The summed E-state index contributed by atoms with van der Waals surface area (Å²) in [5.41, 5.74) is 0.0224. The quantitative estimate of drug-likeness (QED) is 0.208. The number of nitrogens with zero attached hydrogens (tertiary/aromatic N) is 7. The zero-order valence-electron chi connectivity index (χ0n) is 29.2. The highest BCUT2D eigenvalue weighted by molar-refractivity contribution is 6.18. The SMILES string of the molecule is C#Cc1c(F)ccc2cc(O)cc(-c3c(F)c4nc(OC[C@@]56CCCN5C[C@H](F)C6)nc(N5C[C@H]6CC[C@@H](C5)N6CCOC)c4c4cn(C)nc34)c12. The molecule has 1 N–H and O–H groups in total. The number of aromatic hydroxyl groups is 1. The molecule has 2 bridgehead atoms. The molecule has 4 fully saturated rings. The predicted octanol–water partition coefficient (Wildman–Crippen LogP) is 5.56. The number of benzene rings is 3. The largest absolute Gasteiger partial charge is 0.508 e. The standard InChI is InChI=1S/C39H40F3N7O3/c1-4-27-30(41)9-6-22-14-26(50)15-28(31(22)27)32-34(42)36-33(29-20-46(2)45-35(29)32)37(47-18-24-7-8-25(19-47)49(24)12-13-51-3)44-38(43-36)52-21-39-10-5-11-48(39)17-23(40)16-39/h1,6,9,14-15,20,23-25,50H,5,7-8,10-13,16-19,21H2,2-3H3/t23-,24-,25+,39+/m1/s1. The molecule has 4 aliphatic rings. The first kappa shape index (κ1) is 33.2. The number of ether oxygens (including phenoxy) is 2. The highest BCUT2D eigenvalue weighted by atomic mass is 19.1. The molecule has 0 amide bonds. The second kappa shape index (κ2) is 12.5. The zero-order valence-corrected chi connectivity index (χ0v) is 29.2. The number of phenolic OH excluding ortho intramolecular Hbond substituents is 1. The Kier molecular flexibility index (Phi) is 7.98. The Hall–Kier alpha value is -4.64. The van der Waals surface area contributed by atoms with E-state index < -0.39 is 23.3 Å². The summed E-state index contributed by atoms with van der Waals surface area (Å²) >= 11 is 0. The molecule has 2 aromatic heterocycles. The molecule has 13 heteroatoms. The van der Waals surface area contributed by atoms with Gasteiger partial charge in [-0.2, -0.15) is 15.1 Å². The number of hydrogen-bond acceptors (Lipinski definition) is 9. The first-order valence-corrected chi connectivity index (χ1v) is 18.0. The normalized spacial score (nSPS) is 24.8. The number of fused-ring (bicyclic) bond motifs is 7. The van der Waals surface area contributed by atoms with Gasteiger partial charge < -0.3 is 19.5 Å². The molecular formula is C39H40F3N7O3. The maximum atomic E-state index is 17.7. The van der Waals surface area contributed by atoms with Gasteiger partial charge in [0, 0.05) is 81.4 Å². The van der Waals surface area contributed by atoms with E-state index in [0.29, 0.717) is 60.2 Å². The number of piperazine rings is 1. The molecule has 3 aromatic carbocycles. The Bertz CT molecular complexity index is 2280. The smallest absolute Gasteiger partial charge is 0.319 e. The van der Waals surface area contributed by atoms with Crippen molar-refractivity contribution in [1.82, 2.24) is 29.5 Å². The van der Waals surface area contributed by atoms with Gasteiger partial charge in [-0.25, -0.2) is 13.2 Å². The molecule has 4 saturated heterocycles. The number of rotatable bonds is 8. The van der Waals surface area contributed by atoms with E-state index in [1.54, 1.807) is 25.0 Å². The van der Waals surface area contributed by atoms with Crippen molar-refractivity contribution >= 4 is 38.4 Å². The van der Waals surface area contributed by atoms with E-state index in [0.717, 1.165) is 38.8 Å². The van der Waals surface area contributed by atoms with Crippen molar-refractivity contribution in [1.29, 1.82) is 0 Å². The van der Waals surface area contributed by atoms with Crippen LogP contribution in [0, 0.1) is 24.0 Å². The van der Waals surface area contributed by atoms with Gasteiger partial charge in [0.1, 0.15) is 41.2 Å². The number of aromatic nitrogens is 4. The Morgan fingerprint density at radius 3 is 2.65 bits per heavy atom. The van der Waals surface area contributed by atoms with E-state index in [2.05, 4.69) is 20.6 Å². The van der Waals surface area contributed by atoms with Crippen LogP contribution < -0.4 is 9.64 Å². The number of anilines is 1. The first-order valence-electron chi connectivity index (χ1n) is 18.0. The first-order chi connectivity index (χ1) is 25.2. The Labute approximate surface area is 299 Å². The number of hydrogen-bond donors (Lipinski definition) is 1. The maximum Gasteiger partial charge on any atom is 0.319 e. The second-order valence-corrected chi connectivity index (χ2v) is 14.9. The van der Waals surface area contributed by atoms with E-state index in [-0.39, 0.29) is 58.0 Å². The third-order valence-electron chi connectivity index (χ3n) is 11.8. The van der Waals surface area contributed by atoms with Crippen molar-refractivity contribution in [3.63, 3.8) is 0 Å². The molecule has 270 valence electrons. The number of terminal acetylenes is 1. The molecule has 0 aliphatic carbocycles. The molecular weight excluding hydrogens is 671 g/mol. The predicted molar refractivity (Wildman–Crippen MR) is 192 cm³/mol. The van der Waals surface area contributed by atoms with Gasteiger partial charge in [0.2, 0.25) is 0 Å². The third-order valence-corrected chi connectivity index (χ3v) is 11.8. The Morgan fingerprint density at radius 2 is 1.88 bits per heavy atom. The molecule has 52 heavy (non-hydrogen) atoms. The minimum absolute atomic E-state index is 0.00408. The zero-order chi connectivity index (χ0) is 35.9. The van der Waals surface area contributed by atoms with E-state index in [1.165, 1.54) is 24.3 Å². The lowest BCUT2D eigenvalue weighted by Crippen LogP contribution is -2.54. The summed E-state index contributed by atoms with van der Waals surface area (Å²) in [6, 6.07) is 6.13. The summed E-state index contributed by atoms with van der Waals surface area (Å²) in [5, 5.41) is 17.4. The van der Waals surface area contributed by atoms with Gasteiger partial charge in [-0.05, 0) is 61.4 Å². The molecule has 9 rings (SSSR count). The van der Waals surface area contributed by atoms with Crippen LogP contribution in [0.1, 0.15) is 37.7 Å². The Morgan fingerprint density at radius 1 is 1.08 bits per heavy atom. The van der Waals surface area contributed by atoms with Crippen LogP contribution in [0.15, 0.2) is 30.5 Å². The summed E-state index contributed by atoms with van der Waals surface area (Å²) in [5.74, 6) is 1.48. The fourth-order valence-corrected chi connectivity index (χ4v) is 9.59. The molecule has 0 spiro atoms. The van der Waals surface area contributed by atoms with Crippen molar-refractivity contribution < 1.29 is 27.8 Å². The molecule has 0 unspecified atom stereocenters. The second-order valence-electron chi connectivity index (χ2n) is 14.9. The van der Waals surface area contributed by atoms with Crippen LogP contribution in [-0.2, 0) is 11.8 Å². The van der Waals surface area contributed by atoms with E-state index >= 15 is 8.78 Å². The fraction of sp³-hybridized carbons (Fsp3) is 0.462. The lowest BCUT2D eigenvalue weighted by atomic mass is 9.91. The molecule has 5 aromatic rings. The van der Waals surface area contributed by atoms with Crippen molar-refractivity contribution in [3.8, 4) is 35.2 Å². The van der Waals surface area contributed by atoms with Gasteiger partial charge in [0.05, 0.1) is 23.1 Å². The Balaban J connectivity index is 1.26. The minimum atomic E-state index is -0.935. The van der Waals surface area contributed by atoms with Crippen molar-refractivity contribution in [2.24, 2.45) is 7.05 Å². The van der Waals surface area contributed by atoms with Crippen LogP contribution >= 0.6 is 0 Å². The fourth-order valence-electron chi connectivity index (χ4n) is 9.59. The maximum absolute atomic E-state index is 17.7. The molecule has 4 aliphatic heterocycles. The van der Waals surface area contributed by atoms with Gasteiger partial charge in [-0.3, -0.25) is 14.5 Å². The number of methoxy groups -OCH3 is 1. The summed E-state index contributed by atoms with van der Waals surface area (Å²) < 4.78 is 61.0. The molecule has 4 atom stereocenters. The average Bonchev–Trinajstić information content (AvgIpc) is 3.84. The van der Waals surface area contributed by atoms with E-state index in [1.807, 2.05) is 0 Å². The minimum Gasteiger partial charge on any atom is -0.508 e. The summed E-state index contributed by atoms with van der Waals surface area (Å²) in [6.45, 7) is 4.16. The van der Waals surface area contributed by atoms with Gasteiger partial charge >= 0.3 is 6.01 Å². The van der Waals surface area contributed by atoms with Gasteiger partial charge in [-0.1, -0.05) is 12.0 Å². The molecule has 6 heterocycles. The molecule has 10 nitrogen and oxygen atoms in total. The molecule has 0 radical (unpaired) electrons. The monoisotopic (exact) mass is 711 g/mol. The van der Waals surface area contributed by atoms with Gasteiger partial charge in [-0.15, -0.1) is 6.42 Å². The van der Waals surface area contributed by atoms with Crippen LogP contribution in [0.25, 0.3) is 43.7 Å². The number of aryl methyl sites for hydroxylation is 1. The highest BCUT2D eigenvalue weighted by Gasteiger charge is 2.49. The lowest BCUT2D eigenvalue weighted by Gasteiger charge is -2.41. The van der Waals surface area contributed by atoms with Crippen LogP contribution in [0.2, 0.25) is 0 Å². The van der Waals surface area contributed by atoms with Gasteiger partial charge in [0.15, 0.2) is 5.82 Å². The van der Waals surface area contributed by atoms with Gasteiger partial charge in [0.25, 0.3) is 0 Å². The van der Waals surface area contributed by atoms with E-state index in [4.69, 9.17) is 31.0 Å². The lowest BCUT2D eigenvalue weighted by molar-refractivity contribution is 0.105. The molecule has 0 saturated carbocycles.